The van der Waals surface area contributed by atoms with Crippen molar-refractivity contribution in [2.24, 2.45) is 0 Å². The molecule has 0 aliphatic heterocycles. The van der Waals surface area contributed by atoms with E-state index in [1.807, 2.05) is 19.9 Å². The first-order valence-corrected chi connectivity index (χ1v) is 4.66. The van der Waals surface area contributed by atoms with Crippen molar-refractivity contribution < 1.29 is 9.47 Å². The second kappa shape index (κ2) is 4.77. The molecule has 0 radical (unpaired) electrons. The van der Waals surface area contributed by atoms with E-state index in [0.717, 1.165) is 6.42 Å². The summed E-state index contributed by atoms with van der Waals surface area (Å²) in [5.74, 6) is 0. The van der Waals surface area contributed by atoms with Crippen molar-refractivity contribution in [3.05, 3.63) is 12.7 Å². The first kappa shape index (κ1) is 12.7. The van der Waals surface area contributed by atoms with Crippen molar-refractivity contribution in [2.45, 2.75) is 45.3 Å². The van der Waals surface area contributed by atoms with Crippen LogP contribution >= 0.6 is 0 Å². The topological polar surface area (TPSA) is 18.5 Å². The largest absolute Gasteiger partial charge is 0.379 e. The minimum atomic E-state index is -0.232. The fraction of sp³-hybridized carbons (Fsp3) is 0.818. The Balaban J connectivity index is 3.74. The van der Waals surface area contributed by atoms with Crippen molar-refractivity contribution in [2.75, 3.05) is 13.7 Å². The van der Waals surface area contributed by atoms with Gasteiger partial charge in [0.25, 0.3) is 0 Å². The highest BCUT2D eigenvalue weighted by Crippen LogP contribution is 2.16. The number of hydrogen-bond acceptors (Lipinski definition) is 2. The monoisotopic (exact) mass is 186 g/mol. The molecule has 2 heteroatoms. The fourth-order valence-corrected chi connectivity index (χ4v) is 0.721. The van der Waals surface area contributed by atoms with Gasteiger partial charge in [-0.1, -0.05) is 6.08 Å². The van der Waals surface area contributed by atoms with E-state index in [9.17, 15) is 0 Å². The van der Waals surface area contributed by atoms with Gasteiger partial charge in [-0.15, -0.1) is 6.58 Å². The summed E-state index contributed by atoms with van der Waals surface area (Å²) in [7, 11) is 1.72. The second-order valence-electron chi connectivity index (χ2n) is 4.37. The number of rotatable bonds is 6. The molecule has 0 N–H and O–H groups in total. The molecule has 0 aromatic heterocycles. The average Bonchev–Trinajstić information content (AvgIpc) is 2.04. The Morgan fingerprint density at radius 1 is 1.23 bits per heavy atom. The van der Waals surface area contributed by atoms with Gasteiger partial charge in [-0.05, 0) is 34.1 Å². The molecule has 0 amide bonds. The number of ether oxygens (including phenoxy) is 2. The molecular formula is C11H22O2. The lowest BCUT2D eigenvalue weighted by Crippen LogP contribution is -2.28. The van der Waals surface area contributed by atoms with E-state index in [-0.39, 0.29) is 11.2 Å². The van der Waals surface area contributed by atoms with Crippen molar-refractivity contribution in [3.63, 3.8) is 0 Å². The van der Waals surface area contributed by atoms with Gasteiger partial charge in [0, 0.05) is 7.11 Å². The standard InChI is InChI=1S/C11H22O2/c1-7-10(2,3)13-9-8-11(4,5)12-6/h7H,1,8-9H2,2-6H3. The Hall–Kier alpha value is -0.340. The first-order valence-electron chi connectivity index (χ1n) is 4.66. The van der Waals surface area contributed by atoms with E-state index in [1.165, 1.54) is 0 Å². The lowest BCUT2D eigenvalue weighted by Gasteiger charge is -2.26. The van der Waals surface area contributed by atoms with E-state index in [4.69, 9.17) is 9.47 Å². The van der Waals surface area contributed by atoms with E-state index in [0.29, 0.717) is 6.61 Å². The van der Waals surface area contributed by atoms with Crippen molar-refractivity contribution in [1.29, 1.82) is 0 Å². The summed E-state index contributed by atoms with van der Waals surface area (Å²) in [6, 6.07) is 0. The van der Waals surface area contributed by atoms with Gasteiger partial charge in [0.15, 0.2) is 0 Å². The molecule has 0 saturated heterocycles. The fourth-order valence-electron chi connectivity index (χ4n) is 0.721. The summed E-state index contributed by atoms with van der Waals surface area (Å²) in [5, 5.41) is 0. The summed E-state index contributed by atoms with van der Waals surface area (Å²) in [4.78, 5) is 0. The normalized spacial score (nSPS) is 13.0. The zero-order valence-corrected chi connectivity index (χ0v) is 9.52. The van der Waals surface area contributed by atoms with Gasteiger partial charge in [0.05, 0.1) is 17.8 Å². The summed E-state index contributed by atoms with van der Waals surface area (Å²) in [6.07, 6.45) is 2.70. The van der Waals surface area contributed by atoms with Crippen molar-refractivity contribution in [1.82, 2.24) is 0 Å². The first-order chi connectivity index (χ1) is 5.83. The SMILES string of the molecule is C=CC(C)(C)OCCC(C)(C)OC. The van der Waals surface area contributed by atoms with Crippen LogP contribution in [0.25, 0.3) is 0 Å². The zero-order chi connectivity index (χ0) is 10.5. The van der Waals surface area contributed by atoms with Crippen molar-refractivity contribution >= 4 is 0 Å². The van der Waals surface area contributed by atoms with Gasteiger partial charge in [0.2, 0.25) is 0 Å². The highest BCUT2D eigenvalue weighted by atomic mass is 16.5. The van der Waals surface area contributed by atoms with Gasteiger partial charge in [0.1, 0.15) is 0 Å². The lowest BCUT2D eigenvalue weighted by atomic mass is 10.1. The molecule has 0 fully saturated rings. The Morgan fingerprint density at radius 3 is 2.15 bits per heavy atom. The van der Waals surface area contributed by atoms with Crippen LogP contribution in [0.5, 0.6) is 0 Å². The molecule has 0 atom stereocenters. The molecule has 0 aromatic rings. The number of methoxy groups -OCH3 is 1. The minimum absolute atomic E-state index is 0.1000. The minimum Gasteiger partial charge on any atom is -0.379 e. The molecule has 0 rings (SSSR count). The molecule has 0 heterocycles. The van der Waals surface area contributed by atoms with Crippen LogP contribution in [0, 0.1) is 0 Å². The molecule has 2 nitrogen and oxygen atoms in total. The van der Waals surface area contributed by atoms with Gasteiger partial charge in [-0.2, -0.15) is 0 Å². The van der Waals surface area contributed by atoms with Gasteiger partial charge in [-0.3, -0.25) is 0 Å². The average molecular weight is 186 g/mol. The molecule has 0 saturated carbocycles. The van der Waals surface area contributed by atoms with Crippen LogP contribution < -0.4 is 0 Å². The smallest absolute Gasteiger partial charge is 0.0803 e. The molecular weight excluding hydrogens is 164 g/mol. The maximum absolute atomic E-state index is 5.62. The third-order valence-corrected chi connectivity index (χ3v) is 2.22. The highest BCUT2D eigenvalue weighted by Gasteiger charge is 2.19. The van der Waals surface area contributed by atoms with Gasteiger partial charge >= 0.3 is 0 Å². The maximum Gasteiger partial charge on any atom is 0.0803 e. The van der Waals surface area contributed by atoms with Gasteiger partial charge < -0.3 is 9.47 Å². The summed E-state index contributed by atoms with van der Waals surface area (Å²) in [6.45, 7) is 12.5. The molecule has 0 spiro atoms. The van der Waals surface area contributed by atoms with Crippen LogP contribution in [-0.4, -0.2) is 24.9 Å². The molecule has 0 bridgehead atoms. The van der Waals surface area contributed by atoms with Crippen LogP contribution in [0.2, 0.25) is 0 Å². The molecule has 78 valence electrons. The predicted molar refractivity (Wildman–Crippen MR) is 55.9 cm³/mol. The van der Waals surface area contributed by atoms with Crippen LogP contribution in [0.4, 0.5) is 0 Å². The van der Waals surface area contributed by atoms with Crippen LogP contribution in [0.3, 0.4) is 0 Å². The third-order valence-electron chi connectivity index (χ3n) is 2.22. The summed E-state index contributed by atoms with van der Waals surface area (Å²) < 4.78 is 10.9. The molecule has 0 unspecified atom stereocenters. The van der Waals surface area contributed by atoms with Crippen molar-refractivity contribution in [3.8, 4) is 0 Å². The number of hydrogen-bond donors (Lipinski definition) is 0. The highest BCUT2D eigenvalue weighted by molar-refractivity contribution is 4.89. The summed E-state index contributed by atoms with van der Waals surface area (Å²) >= 11 is 0. The molecule has 0 aliphatic carbocycles. The molecule has 0 aliphatic rings. The van der Waals surface area contributed by atoms with E-state index in [2.05, 4.69) is 20.4 Å². The maximum atomic E-state index is 5.62. The van der Waals surface area contributed by atoms with Gasteiger partial charge in [-0.25, -0.2) is 0 Å². The second-order valence-corrected chi connectivity index (χ2v) is 4.37. The van der Waals surface area contributed by atoms with Crippen LogP contribution in [0.1, 0.15) is 34.1 Å². The Kier molecular flexibility index (Phi) is 4.65. The quantitative estimate of drug-likeness (QED) is 0.594. The van der Waals surface area contributed by atoms with Crippen LogP contribution in [0.15, 0.2) is 12.7 Å². The van der Waals surface area contributed by atoms with E-state index < -0.39 is 0 Å². The lowest BCUT2D eigenvalue weighted by molar-refractivity contribution is -0.0394. The van der Waals surface area contributed by atoms with E-state index >= 15 is 0 Å². The Morgan fingerprint density at radius 2 is 1.77 bits per heavy atom. The molecule has 0 aromatic carbocycles. The zero-order valence-electron chi connectivity index (χ0n) is 9.52. The predicted octanol–water partition coefficient (Wildman–Crippen LogP) is 2.78. The third kappa shape index (κ3) is 5.83. The Bertz CT molecular complexity index is 159. The van der Waals surface area contributed by atoms with E-state index in [1.54, 1.807) is 7.11 Å². The van der Waals surface area contributed by atoms with Crippen LogP contribution in [-0.2, 0) is 9.47 Å². The summed E-state index contributed by atoms with van der Waals surface area (Å²) in [5.41, 5.74) is -0.332. The Labute approximate surface area is 81.9 Å². The molecule has 13 heavy (non-hydrogen) atoms.